The molecule has 4 nitrogen and oxygen atoms in total. The Morgan fingerprint density at radius 3 is 2.95 bits per heavy atom. The number of aromatic nitrogens is 1. The van der Waals surface area contributed by atoms with E-state index in [1.54, 1.807) is 0 Å². The van der Waals surface area contributed by atoms with Gasteiger partial charge in [0.1, 0.15) is 5.82 Å². The monoisotopic (exact) mass is 283 g/mol. The predicted molar refractivity (Wildman–Crippen MR) is 78.9 cm³/mol. The second-order valence-corrected chi connectivity index (χ2v) is 5.85. The van der Waals surface area contributed by atoms with E-state index < -0.39 is 0 Å². The lowest BCUT2D eigenvalue weighted by Crippen LogP contribution is -2.53. The third-order valence-electron chi connectivity index (χ3n) is 3.36. The Balaban J connectivity index is 2.20. The molecule has 0 amide bonds. The van der Waals surface area contributed by atoms with Crippen LogP contribution in [0.25, 0.3) is 0 Å². The Labute approximate surface area is 120 Å². The molecule has 0 spiro atoms. The molecule has 1 aromatic rings. The molecular formula is C14H22ClN3O. The molecule has 19 heavy (non-hydrogen) atoms. The molecule has 2 heterocycles. The normalized spacial score (nSPS) is 18.6. The first-order chi connectivity index (χ1) is 9.04. The summed E-state index contributed by atoms with van der Waals surface area (Å²) in [4.78, 5) is 6.78. The molecule has 1 aromatic heterocycles. The van der Waals surface area contributed by atoms with Crippen molar-refractivity contribution in [2.75, 3.05) is 31.2 Å². The molecule has 5 heteroatoms. The van der Waals surface area contributed by atoms with E-state index in [2.05, 4.69) is 36.0 Å². The van der Waals surface area contributed by atoms with Gasteiger partial charge in [-0.05, 0) is 32.0 Å². The minimum absolute atomic E-state index is 0.0714. The van der Waals surface area contributed by atoms with Gasteiger partial charge in [0.25, 0.3) is 0 Å². The summed E-state index contributed by atoms with van der Waals surface area (Å²) in [5, 5.41) is 3.99. The molecule has 1 aliphatic heterocycles. The quantitative estimate of drug-likeness (QED) is 0.921. The van der Waals surface area contributed by atoms with Crippen LogP contribution in [0.1, 0.15) is 26.3 Å². The number of hydrogen-bond acceptors (Lipinski definition) is 4. The van der Waals surface area contributed by atoms with E-state index >= 15 is 0 Å². The SMILES string of the molecule is CCNCc1cnc(N2CCOCC2(C)C)c(Cl)c1. The predicted octanol–water partition coefficient (Wildman–Crippen LogP) is 2.46. The fraction of sp³-hybridized carbons (Fsp3) is 0.643. The minimum Gasteiger partial charge on any atom is -0.377 e. The lowest BCUT2D eigenvalue weighted by Gasteiger charge is -2.43. The third-order valence-corrected chi connectivity index (χ3v) is 3.64. The van der Waals surface area contributed by atoms with Gasteiger partial charge in [0, 0.05) is 19.3 Å². The number of morpholine rings is 1. The van der Waals surface area contributed by atoms with Crippen LogP contribution in [0.5, 0.6) is 0 Å². The first-order valence-electron chi connectivity index (χ1n) is 6.75. The number of ether oxygens (including phenoxy) is 1. The van der Waals surface area contributed by atoms with E-state index in [4.69, 9.17) is 16.3 Å². The number of nitrogens with one attached hydrogen (secondary N) is 1. The first kappa shape index (κ1) is 14.6. The summed E-state index contributed by atoms with van der Waals surface area (Å²) >= 11 is 6.40. The zero-order valence-corrected chi connectivity index (χ0v) is 12.6. The molecule has 1 fully saturated rings. The highest BCUT2D eigenvalue weighted by atomic mass is 35.5. The molecule has 106 valence electrons. The smallest absolute Gasteiger partial charge is 0.147 e. The average Bonchev–Trinajstić information content (AvgIpc) is 2.37. The largest absolute Gasteiger partial charge is 0.377 e. The van der Waals surface area contributed by atoms with Crippen LogP contribution in [0.2, 0.25) is 5.02 Å². The summed E-state index contributed by atoms with van der Waals surface area (Å²) in [6.45, 7) is 10.4. The van der Waals surface area contributed by atoms with E-state index in [9.17, 15) is 0 Å². The van der Waals surface area contributed by atoms with Crippen molar-refractivity contribution < 1.29 is 4.74 Å². The van der Waals surface area contributed by atoms with Gasteiger partial charge in [-0.15, -0.1) is 0 Å². The fourth-order valence-corrected chi connectivity index (χ4v) is 2.58. The molecule has 0 aliphatic carbocycles. The Bertz CT molecular complexity index is 437. The van der Waals surface area contributed by atoms with Crippen molar-refractivity contribution >= 4 is 17.4 Å². The Hall–Kier alpha value is -0.840. The summed E-state index contributed by atoms with van der Waals surface area (Å²) in [5.74, 6) is 0.857. The summed E-state index contributed by atoms with van der Waals surface area (Å²) in [6, 6.07) is 2.00. The van der Waals surface area contributed by atoms with Crippen LogP contribution in [0, 0.1) is 0 Å². The maximum Gasteiger partial charge on any atom is 0.147 e. The van der Waals surface area contributed by atoms with Crippen LogP contribution in [0.3, 0.4) is 0 Å². The minimum atomic E-state index is -0.0714. The highest BCUT2D eigenvalue weighted by Gasteiger charge is 2.32. The second-order valence-electron chi connectivity index (χ2n) is 5.45. The van der Waals surface area contributed by atoms with Gasteiger partial charge < -0.3 is 15.0 Å². The molecule has 0 unspecified atom stereocenters. The third kappa shape index (κ3) is 3.38. The van der Waals surface area contributed by atoms with Crippen LogP contribution in [0.4, 0.5) is 5.82 Å². The van der Waals surface area contributed by atoms with Crippen molar-refractivity contribution in [1.29, 1.82) is 0 Å². The number of anilines is 1. The van der Waals surface area contributed by atoms with Gasteiger partial charge in [0.2, 0.25) is 0 Å². The van der Waals surface area contributed by atoms with Gasteiger partial charge in [-0.1, -0.05) is 18.5 Å². The van der Waals surface area contributed by atoms with Crippen molar-refractivity contribution in [2.45, 2.75) is 32.9 Å². The molecule has 0 radical (unpaired) electrons. The highest BCUT2D eigenvalue weighted by molar-refractivity contribution is 6.33. The van der Waals surface area contributed by atoms with E-state index in [0.29, 0.717) is 11.6 Å². The number of hydrogen-bond donors (Lipinski definition) is 1. The Kier molecular flexibility index (Phi) is 4.66. The van der Waals surface area contributed by atoms with Gasteiger partial charge >= 0.3 is 0 Å². The van der Waals surface area contributed by atoms with Crippen molar-refractivity contribution in [1.82, 2.24) is 10.3 Å². The van der Waals surface area contributed by atoms with Gasteiger partial charge in [0.05, 0.1) is 23.8 Å². The van der Waals surface area contributed by atoms with E-state index in [-0.39, 0.29) is 5.54 Å². The van der Waals surface area contributed by atoms with Crippen molar-refractivity contribution in [3.05, 3.63) is 22.8 Å². The molecule has 2 rings (SSSR count). The molecule has 0 saturated carbocycles. The summed E-state index contributed by atoms with van der Waals surface area (Å²) < 4.78 is 5.53. The maximum absolute atomic E-state index is 6.40. The lowest BCUT2D eigenvalue weighted by atomic mass is 10.0. The molecule has 1 N–H and O–H groups in total. The van der Waals surface area contributed by atoms with E-state index in [0.717, 1.165) is 37.6 Å². The molecule has 0 aromatic carbocycles. The number of halogens is 1. The van der Waals surface area contributed by atoms with E-state index in [1.807, 2.05) is 12.3 Å². The standard InChI is InChI=1S/C14H22ClN3O/c1-4-16-8-11-7-12(15)13(17-9-11)18-5-6-19-10-14(18,2)3/h7,9,16H,4-6,8,10H2,1-3H3. The maximum atomic E-state index is 6.40. The van der Waals surface area contributed by atoms with Gasteiger partial charge in [-0.25, -0.2) is 4.98 Å². The van der Waals surface area contributed by atoms with Gasteiger partial charge in [-0.2, -0.15) is 0 Å². The fourth-order valence-electron chi connectivity index (χ4n) is 2.29. The van der Waals surface area contributed by atoms with E-state index in [1.165, 1.54) is 0 Å². The van der Waals surface area contributed by atoms with Crippen LogP contribution in [-0.4, -0.2) is 36.8 Å². The number of rotatable bonds is 4. The summed E-state index contributed by atoms with van der Waals surface area (Å²) in [5.41, 5.74) is 1.04. The second kappa shape index (κ2) is 6.07. The van der Waals surface area contributed by atoms with Gasteiger partial charge in [-0.3, -0.25) is 0 Å². The van der Waals surface area contributed by atoms with Crippen LogP contribution < -0.4 is 10.2 Å². The molecule has 1 saturated heterocycles. The molecular weight excluding hydrogens is 262 g/mol. The Morgan fingerprint density at radius 2 is 2.32 bits per heavy atom. The molecule has 0 bridgehead atoms. The first-order valence-corrected chi connectivity index (χ1v) is 7.13. The highest BCUT2D eigenvalue weighted by Crippen LogP contribution is 2.31. The number of nitrogens with zero attached hydrogens (tertiary/aromatic N) is 2. The lowest BCUT2D eigenvalue weighted by molar-refractivity contribution is 0.0639. The van der Waals surface area contributed by atoms with Crippen LogP contribution in [0.15, 0.2) is 12.3 Å². The molecule has 0 atom stereocenters. The zero-order chi connectivity index (χ0) is 13.9. The van der Waals surface area contributed by atoms with Crippen molar-refractivity contribution in [3.63, 3.8) is 0 Å². The van der Waals surface area contributed by atoms with Crippen molar-refractivity contribution in [2.24, 2.45) is 0 Å². The Morgan fingerprint density at radius 1 is 1.53 bits per heavy atom. The topological polar surface area (TPSA) is 37.4 Å². The zero-order valence-electron chi connectivity index (χ0n) is 11.9. The number of pyridine rings is 1. The summed E-state index contributed by atoms with van der Waals surface area (Å²) in [6.07, 6.45) is 1.90. The summed E-state index contributed by atoms with van der Waals surface area (Å²) in [7, 11) is 0. The van der Waals surface area contributed by atoms with Gasteiger partial charge in [0.15, 0.2) is 0 Å². The van der Waals surface area contributed by atoms with Crippen molar-refractivity contribution in [3.8, 4) is 0 Å². The molecule has 1 aliphatic rings. The van der Waals surface area contributed by atoms with Crippen LogP contribution >= 0.6 is 11.6 Å². The average molecular weight is 284 g/mol. The van der Waals surface area contributed by atoms with Crippen LogP contribution in [-0.2, 0) is 11.3 Å².